The van der Waals surface area contributed by atoms with Crippen LogP contribution in [0.4, 0.5) is 4.79 Å². The van der Waals surface area contributed by atoms with Gasteiger partial charge in [0.15, 0.2) is 11.5 Å². The molecule has 1 aliphatic heterocycles. The van der Waals surface area contributed by atoms with Gasteiger partial charge in [0.2, 0.25) is 0 Å². The quantitative estimate of drug-likeness (QED) is 0.886. The van der Waals surface area contributed by atoms with Gasteiger partial charge in [0, 0.05) is 37.5 Å². The van der Waals surface area contributed by atoms with Crippen molar-refractivity contribution in [3.8, 4) is 11.5 Å². The third-order valence-electron chi connectivity index (χ3n) is 4.10. The maximum absolute atomic E-state index is 12.2. The second-order valence-electron chi connectivity index (χ2n) is 5.90. The minimum Gasteiger partial charge on any atom is -0.493 e. The number of rotatable bonds is 5. The summed E-state index contributed by atoms with van der Waals surface area (Å²) in [5.74, 6) is 1.44. The van der Waals surface area contributed by atoms with Gasteiger partial charge >= 0.3 is 6.03 Å². The normalized spacial score (nSPS) is 16.0. The van der Waals surface area contributed by atoms with Crippen molar-refractivity contribution in [1.29, 1.82) is 0 Å². The molecule has 0 bridgehead atoms. The van der Waals surface area contributed by atoms with Crippen LogP contribution in [-0.2, 0) is 6.54 Å². The number of nitrogens with zero attached hydrogens (tertiary/aromatic N) is 1. The van der Waals surface area contributed by atoms with Crippen LogP contribution in [0.3, 0.4) is 0 Å². The molecule has 1 atom stereocenters. The number of aromatic nitrogens is 1. The maximum atomic E-state index is 12.2. The standard InChI is InChI=1S/C18H23N3O3/c1-13-11-14-15(5-10-24-17(14)16(12-13)23-2)20-18(22)19-6-9-21-7-3-4-8-21/h3-4,7-8,11-12,15H,5-6,9-10H2,1-2H3,(H2,19,20,22). The van der Waals surface area contributed by atoms with Gasteiger partial charge in [-0.1, -0.05) is 6.07 Å². The largest absolute Gasteiger partial charge is 0.493 e. The highest BCUT2D eigenvalue weighted by molar-refractivity contribution is 5.74. The first kappa shape index (κ1) is 16.2. The molecule has 1 aromatic carbocycles. The van der Waals surface area contributed by atoms with E-state index in [1.54, 1.807) is 7.11 Å². The van der Waals surface area contributed by atoms with Gasteiger partial charge in [-0.25, -0.2) is 4.79 Å². The lowest BCUT2D eigenvalue weighted by molar-refractivity contribution is 0.219. The predicted molar refractivity (Wildman–Crippen MR) is 91.6 cm³/mol. The molecule has 0 radical (unpaired) electrons. The van der Waals surface area contributed by atoms with Gasteiger partial charge in [-0.2, -0.15) is 0 Å². The summed E-state index contributed by atoms with van der Waals surface area (Å²) in [6.07, 6.45) is 4.69. The van der Waals surface area contributed by atoms with E-state index in [0.717, 1.165) is 29.8 Å². The van der Waals surface area contributed by atoms with E-state index in [2.05, 4.69) is 10.6 Å². The van der Waals surface area contributed by atoms with Crippen molar-refractivity contribution in [2.45, 2.75) is 25.9 Å². The number of benzene rings is 1. The van der Waals surface area contributed by atoms with Crippen LogP contribution >= 0.6 is 0 Å². The smallest absolute Gasteiger partial charge is 0.315 e. The molecule has 2 aromatic rings. The first-order valence-corrected chi connectivity index (χ1v) is 8.14. The molecular weight excluding hydrogens is 306 g/mol. The van der Waals surface area contributed by atoms with Crippen LogP contribution in [0.1, 0.15) is 23.6 Å². The van der Waals surface area contributed by atoms with Gasteiger partial charge in [-0.15, -0.1) is 0 Å². The summed E-state index contributed by atoms with van der Waals surface area (Å²) in [4.78, 5) is 12.2. The van der Waals surface area contributed by atoms with Crippen LogP contribution in [0.25, 0.3) is 0 Å². The Morgan fingerprint density at radius 1 is 1.38 bits per heavy atom. The topological polar surface area (TPSA) is 64.5 Å². The number of methoxy groups -OCH3 is 1. The van der Waals surface area contributed by atoms with Gasteiger partial charge in [0.25, 0.3) is 0 Å². The molecule has 2 N–H and O–H groups in total. The highest BCUT2D eigenvalue weighted by Crippen LogP contribution is 2.40. The summed E-state index contributed by atoms with van der Waals surface area (Å²) in [6.45, 7) is 3.89. The Balaban J connectivity index is 1.62. The van der Waals surface area contributed by atoms with E-state index < -0.39 is 0 Å². The number of carbonyl (C=O) groups is 1. The third kappa shape index (κ3) is 3.64. The van der Waals surface area contributed by atoms with Gasteiger partial charge in [0.05, 0.1) is 19.8 Å². The average molecular weight is 329 g/mol. The monoisotopic (exact) mass is 329 g/mol. The summed E-state index contributed by atoms with van der Waals surface area (Å²) < 4.78 is 13.2. The molecular formula is C18H23N3O3. The Bertz CT molecular complexity index is 698. The Morgan fingerprint density at radius 3 is 2.92 bits per heavy atom. The fourth-order valence-corrected chi connectivity index (χ4v) is 2.94. The summed E-state index contributed by atoms with van der Waals surface area (Å²) >= 11 is 0. The zero-order chi connectivity index (χ0) is 16.9. The van der Waals surface area contributed by atoms with Crippen LogP contribution in [-0.4, -0.2) is 30.9 Å². The van der Waals surface area contributed by atoms with Crippen LogP contribution in [0, 0.1) is 6.92 Å². The van der Waals surface area contributed by atoms with E-state index in [4.69, 9.17) is 9.47 Å². The van der Waals surface area contributed by atoms with Crippen molar-refractivity contribution in [1.82, 2.24) is 15.2 Å². The number of carbonyl (C=O) groups excluding carboxylic acids is 1. The number of amides is 2. The number of fused-ring (bicyclic) bond motifs is 1. The van der Waals surface area contributed by atoms with Crippen LogP contribution in [0.5, 0.6) is 11.5 Å². The van der Waals surface area contributed by atoms with E-state index in [0.29, 0.717) is 18.9 Å². The summed E-state index contributed by atoms with van der Waals surface area (Å²) in [5.41, 5.74) is 2.05. The number of nitrogens with one attached hydrogen (secondary N) is 2. The molecule has 2 heterocycles. The first-order valence-electron chi connectivity index (χ1n) is 8.14. The van der Waals surface area contributed by atoms with Crippen LogP contribution in [0.15, 0.2) is 36.7 Å². The summed E-state index contributed by atoms with van der Waals surface area (Å²) in [7, 11) is 1.63. The van der Waals surface area contributed by atoms with E-state index in [-0.39, 0.29) is 12.1 Å². The van der Waals surface area contributed by atoms with Crippen molar-refractivity contribution >= 4 is 6.03 Å². The van der Waals surface area contributed by atoms with E-state index in [9.17, 15) is 4.79 Å². The van der Waals surface area contributed by atoms with Crippen molar-refractivity contribution in [2.75, 3.05) is 20.3 Å². The van der Waals surface area contributed by atoms with Gasteiger partial charge in [-0.3, -0.25) is 0 Å². The lowest BCUT2D eigenvalue weighted by Gasteiger charge is -2.28. The lowest BCUT2D eigenvalue weighted by atomic mass is 9.98. The maximum Gasteiger partial charge on any atom is 0.315 e. The number of hydrogen-bond acceptors (Lipinski definition) is 3. The molecule has 1 aromatic heterocycles. The van der Waals surface area contributed by atoms with E-state index >= 15 is 0 Å². The Labute approximate surface area is 141 Å². The van der Waals surface area contributed by atoms with E-state index in [1.165, 1.54) is 0 Å². The molecule has 0 aliphatic carbocycles. The zero-order valence-electron chi connectivity index (χ0n) is 14.0. The van der Waals surface area contributed by atoms with Crippen molar-refractivity contribution < 1.29 is 14.3 Å². The molecule has 3 rings (SSSR count). The van der Waals surface area contributed by atoms with Gasteiger partial charge in [-0.05, 0) is 30.7 Å². The Morgan fingerprint density at radius 2 is 2.17 bits per heavy atom. The molecule has 24 heavy (non-hydrogen) atoms. The van der Waals surface area contributed by atoms with E-state index in [1.807, 2.05) is 48.1 Å². The Kier molecular flexibility index (Phi) is 4.93. The average Bonchev–Trinajstić information content (AvgIpc) is 3.08. The molecule has 1 aliphatic rings. The minimum absolute atomic E-state index is 0.0749. The number of hydrogen-bond donors (Lipinski definition) is 2. The number of urea groups is 1. The van der Waals surface area contributed by atoms with Gasteiger partial charge < -0.3 is 24.7 Å². The van der Waals surface area contributed by atoms with Crippen molar-refractivity contribution in [3.63, 3.8) is 0 Å². The molecule has 0 saturated carbocycles. The van der Waals surface area contributed by atoms with Crippen molar-refractivity contribution in [3.05, 3.63) is 47.8 Å². The SMILES string of the molecule is COc1cc(C)cc2c1OCCC2NC(=O)NCCn1cccc1. The van der Waals surface area contributed by atoms with Gasteiger partial charge in [0.1, 0.15) is 0 Å². The summed E-state index contributed by atoms with van der Waals surface area (Å²) in [6, 6.07) is 7.68. The number of aryl methyl sites for hydroxylation is 1. The first-order chi connectivity index (χ1) is 11.7. The second kappa shape index (κ2) is 7.29. The summed E-state index contributed by atoms with van der Waals surface area (Å²) in [5, 5.41) is 5.94. The molecule has 6 nitrogen and oxygen atoms in total. The third-order valence-corrected chi connectivity index (χ3v) is 4.10. The van der Waals surface area contributed by atoms with Crippen molar-refractivity contribution in [2.24, 2.45) is 0 Å². The fourth-order valence-electron chi connectivity index (χ4n) is 2.94. The molecule has 2 amide bonds. The molecule has 6 heteroatoms. The molecule has 0 saturated heterocycles. The molecule has 0 spiro atoms. The van der Waals surface area contributed by atoms with Crippen LogP contribution < -0.4 is 20.1 Å². The predicted octanol–water partition coefficient (Wildman–Crippen LogP) is 2.63. The second-order valence-corrected chi connectivity index (χ2v) is 5.90. The number of ether oxygens (including phenoxy) is 2. The zero-order valence-corrected chi connectivity index (χ0v) is 14.0. The molecule has 0 fully saturated rings. The Hall–Kier alpha value is -2.63. The molecule has 1 unspecified atom stereocenters. The van der Waals surface area contributed by atoms with Crippen LogP contribution in [0.2, 0.25) is 0 Å². The fraction of sp³-hybridized carbons (Fsp3) is 0.389. The highest BCUT2D eigenvalue weighted by atomic mass is 16.5. The molecule has 128 valence electrons. The minimum atomic E-state index is -0.166. The highest BCUT2D eigenvalue weighted by Gasteiger charge is 2.26. The lowest BCUT2D eigenvalue weighted by Crippen LogP contribution is -2.40.